The Labute approximate surface area is 162 Å². The fourth-order valence-corrected chi connectivity index (χ4v) is 2.90. The number of carbonyl (C=O) groups excluding carboxylic acids is 3. The molecule has 146 valence electrons. The van der Waals surface area contributed by atoms with Gasteiger partial charge in [-0.3, -0.25) is 14.4 Å². The molecule has 2 N–H and O–H groups in total. The highest BCUT2D eigenvalue weighted by atomic mass is 19.1. The number of nitrogens with one attached hydrogen (secondary N) is 2. The van der Waals surface area contributed by atoms with Crippen molar-refractivity contribution in [2.75, 3.05) is 18.5 Å². The highest BCUT2D eigenvalue weighted by Crippen LogP contribution is 2.26. The van der Waals surface area contributed by atoms with Crippen LogP contribution in [-0.4, -0.2) is 30.7 Å². The molecule has 0 unspecified atom stereocenters. The van der Waals surface area contributed by atoms with Crippen molar-refractivity contribution in [2.45, 2.75) is 25.7 Å². The molecule has 0 saturated heterocycles. The van der Waals surface area contributed by atoms with Gasteiger partial charge in [0.1, 0.15) is 18.2 Å². The molecule has 0 aliphatic carbocycles. The van der Waals surface area contributed by atoms with Crippen LogP contribution in [0.5, 0.6) is 5.75 Å². The summed E-state index contributed by atoms with van der Waals surface area (Å²) in [7, 11) is 0. The first kappa shape index (κ1) is 19.5. The van der Waals surface area contributed by atoms with E-state index in [1.165, 1.54) is 24.3 Å². The van der Waals surface area contributed by atoms with Crippen molar-refractivity contribution in [2.24, 2.45) is 0 Å². The molecule has 0 saturated carbocycles. The fourth-order valence-electron chi connectivity index (χ4n) is 2.90. The summed E-state index contributed by atoms with van der Waals surface area (Å²) in [5.41, 5.74) is 2.23. The number of rotatable bonds is 8. The normalized spacial score (nSPS) is 12.7. The number of benzene rings is 2. The summed E-state index contributed by atoms with van der Waals surface area (Å²) in [6, 6.07) is 10.7. The maximum Gasteiger partial charge on any atom is 0.224 e. The highest BCUT2D eigenvalue weighted by molar-refractivity contribution is 5.98. The maximum atomic E-state index is 12.9. The highest BCUT2D eigenvalue weighted by Gasteiger charge is 2.15. The summed E-state index contributed by atoms with van der Waals surface area (Å²) in [6.07, 6.45) is 1.27. The minimum Gasteiger partial charge on any atom is -0.492 e. The van der Waals surface area contributed by atoms with Gasteiger partial charge in [-0.15, -0.1) is 0 Å². The Morgan fingerprint density at radius 2 is 1.86 bits per heavy atom. The molecule has 2 aromatic rings. The second-order valence-electron chi connectivity index (χ2n) is 6.50. The molecule has 2 aromatic carbocycles. The topological polar surface area (TPSA) is 84.5 Å². The van der Waals surface area contributed by atoms with Gasteiger partial charge in [0.25, 0.3) is 0 Å². The number of fused-ring (bicyclic) bond motifs is 1. The van der Waals surface area contributed by atoms with Crippen molar-refractivity contribution < 1.29 is 23.5 Å². The lowest BCUT2D eigenvalue weighted by atomic mass is 10.0. The van der Waals surface area contributed by atoms with E-state index in [0.717, 1.165) is 11.3 Å². The first-order chi connectivity index (χ1) is 13.5. The Morgan fingerprint density at radius 1 is 1.07 bits per heavy atom. The van der Waals surface area contributed by atoms with E-state index in [9.17, 15) is 18.8 Å². The average Bonchev–Trinajstić information content (AvgIpc) is 2.70. The van der Waals surface area contributed by atoms with Gasteiger partial charge in [0.2, 0.25) is 11.8 Å². The molecule has 1 heterocycles. The minimum absolute atomic E-state index is 0.0155. The molecule has 6 nitrogen and oxygen atoms in total. The van der Waals surface area contributed by atoms with E-state index in [4.69, 9.17) is 4.74 Å². The summed E-state index contributed by atoms with van der Waals surface area (Å²) in [6.45, 7) is 0.611. The molecule has 7 heteroatoms. The SMILES string of the molecule is O=C(CCC(=O)c1ccc(F)cc1)NCCOc1ccc2c(c1)CCC(=O)N2. The zero-order valence-electron chi connectivity index (χ0n) is 15.3. The summed E-state index contributed by atoms with van der Waals surface area (Å²) in [5.74, 6) is -0.157. The summed E-state index contributed by atoms with van der Waals surface area (Å²) >= 11 is 0. The number of ketones is 1. The molecule has 0 aromatic heterocycles. The van der Waals surface area contributed by atoms with E-state index in [1.807, 2.05) is 6.07 Å². The first-order valence-corrected chi connectivity index (χ1v) is 9.12. The smallest absolute Gasteiger partial charge is 0.224 e. The number of halogens is 1. The zero-order valence-corrected chi connectivity index (χ0v) is 15.3. The maximum absolute atomic E-state index is 12.9. The lowest BCUT2D eigenvalue weighted by Gasteiger charge is -2.17. The second-order valence-corrected chi connectivity index (χ2v) is 6.50. The van der Waals surface area contributed by atoms with Gasteiger partial charge in [0.15, 0.2) is 5.78 Å². The molecular weight excluding hydrogens is 363 g/mol. The fraction of sp³-hybridized carbons (Fsp3) is 0.286. The lowest BCUT2D eigenvalue weighted by molar-refractivity contribution is -0.121. The Bertz CT molecular complexity index is 880. The second kappa shape index (κ2) is 9.12. The van der Waals surface area contributed by atoms with Crippen LogP contribution in [0.1, 0.15) is 35.2 Å². The van der Waals surface area contributed by atoms with Gasteiger partial charge < -0.3 is 15.4 Å². The van der Waals surface area contributed by atoms with Gasteiger partial charge in [-0.25, -0.2) is 4.39 Å². The number of amides is 2. The third kappa shape index (κ3) is 5.39. The molecule has 0 bridgehead atoms. The Balaban J connectivity index is 1.36. The molecule has 0 radical (unpaired) electrons. The summed E-state index contributed by atoms with van der Waals surface area (Å²) in [4.78, 5) is 35.2. The number of hydrogen-bond acceptors (Lipinski definition) is 4. The van der Waals surface area contributed by atoms with Crippen LogP contribution in [0.15, 0.2) is 42.5 Å². The zero-order chi connectivity index (χ0) is 19.9. The van der Waals surface area contributed by atoms with Gasteiger partial charge in [-0.2, -0.15) is 0 Å². The molecule has 0 fully saturated rings. The van der Waals surface area contributed by atoms with Crippen LogP contribution in [0, 0.1) is 5.82 Å². The number of ether oxygens (including phenoxy) is 1. The predicted octanol–water partition coefficient (Wildman–Crippen LogP) is 2.87. The molecule has 2 amide bonds. The van der Waals surface area contributed by atoms with E-state index >= 15 is 0 Å². The number of Topliss-reactive ketones (excluding diaryl/α,β-unsaturated/α-hetero) is 1. The predicted molar refractivity (Wildman–Crippen MR) is 102 cm³/mol. The summed E-state index contributed by atoms with van der Waals surface area (Å²) in [5, 5.41) is 5.51. The van der Waals surface area contributed by atoms with E-state index in [-0.39, 0.29) is 30.4 Å². The Hall–Kier alpha value is -3.22. The van der Waals surface area contributed by atoms with Gasteiger partial charge in [-0.05, 0) is 54.4 Å². The van der Waals surface area contributed by atoms with Gasteiger partial charge in [0, 0.05) is 30.5 Å². The number of hydrogen-bond donors (Lipinski definition) is 2. The average molecular weight is 384 g/mol. The number of aryl methyl sites for hydroxylation is 1. The molecule has 0 atom stereocenters. The minimum atomic E-state index is -0.405. The molecule has 3 rings (SSSR count). The quantitative estimate of drug-likeness (QED) is 0.541. The Morgan fingerprint density at radius 3 is 2.64 bits per heavy atom. The third-order valence-electron chi connectivity index (χ3n) is 4.41. The van der Waals surface area contributed by atoms with Crippen LogP contribution in [0.4, 0.5) is 10.1 Å². The third-order valence-corrected chi connectivity index (χ3v) is 4.41. The van der Waals surface area contributed by atoms with Crippen LogP contribution in [0.2, 0.25) is 0 Å². The van der Waals surface area contributed by atoms with Crippen LogP contribution < -0.4 is 15.4 Å². The van der Waals surface area contributed by atoms with Gasteiger partial charge >= 0.3 is 0 Å². The van der Waals surface area contributed by atoms with E-state index < -0.39 is 5.82 Å². The number of carbonyl (C=O) groups is 3. The van der Waals surface area contributed by atoms with Crippen molar-refractivity contribution in [3.8, 4) is 5.75 Å². The van der Waals surface area contributed by atoms with Crippen LogP contribution >= 0.6 is 0 Å². The lowest BCUT2D eigenvalue weighted by Crippen LogP contribution is -2.28. The van der Waals surface area contributed by atoms with Crippen molar-refractivity contribution in [1.29, 1.82) is 0 Å². The Kier molecular flexibility index (Phi) is 6.37. The monoisotopic (exact) mass is 384 g/mol. The number of anilines is 1. The van der Waals surface area contributed by atoms with Crippen LogP contribution in [-0.2, 0) is 16.0 Å². The largest absolute Gasteiger partial charge is 0.492 e. The van der Waals surface area contributed by atoms with Crippen molar-refractivity contribution in [1.82, 2.24) is 5.32 Å². The van der Waals surface area contributed by atoms with Crippen molar-refractivity contribution in [3.63, 3.8) is 0 Å². The molecule has 0 spiro atoms. The van der Waals surface area contributed by atoms with Crippen molar-refractivity contribution >= 4 is 23.3 Å². The van der Waals surface area contributed by atoms with E-state index in [0.29, 0.717) is 37.3 Å². The molecule has 1 aliphatic rings. The van der Waals surface area contributed by atoms with Crippen molar-refractivity contribution in [3.05, 3.63) is 59.4 Å². The van der Waals surface area contributed by atoms with E-state index in [1.54, 1.807) is 12.1 Å². The summed E-state index contributed by atoms with van der Waals surface area (Å²) < 4.78 is 18.5. The van der Waals surface area contributed by atoms with Gasteiger partial charge in [-0.1, -0.05) is 0 Å². The van der Waals surface area contributed by atoms with E-state index in [2.05, 4.69) is 10.6 Å². The first-order valence-electron chi connectivity index (χ1n) is 9.12. The molecular formula is C21H21FN2O4. The molecule has 28 heavy (non-hydrogen) atoms. The standard InChI is InChI=1S/C21H21FN2O4/c22-16-4-1-14(2-5-16)19(25)8-10-20(26)23-11-12-28-17-6-7-18-15(13-17)3-9-21(27)24-18/h1-2,4-7,13H,3,8-12H2,(H,23,26)(H,24,27). The van der Waals surface area contributed by atoms with Crippen LogP contribution in [0.3, 0.4) is 0 Å². The van der Waals surface area contributed by atoms with Gasteiger partial charge in [0.05, 0.1) is 6.54 Å². The molecule has 1 aliphatic heterocycles. The van der Waals surface area contributed by atoms with Crippen LogP contribution in [0.25, 0.3) is 0 Å².